The Hall–Kier alpha value is -1.52. The Kier molecular flexibility index (Phi) is 3.36. The van der Waals surface area contributed by atoms with Gasteiger partial charge in [-0.25, -0.2) is 0 Å². The molecule has 0 aromatic heterocycles. The van der Waals surface area contributed by atoms with Crippen LogP contribution in [0.5, 0.6) is 11.5 Å². The summed E-state index contributed by atoms with van der Waals surface area (Å²) in [5.74, 6) is 2.69. The molecular weight excluding hydrogens is 264 g/mol. The molecule has 1 N–H and O–H groups in total. The lowest BCUT2D eigenvalue weighted by Gasteiger charge is -2.26. The van der Waals surface area contributed by atoms with E-state index in [4.69, 9.17) is 9.47 Å². The highest BCUT2D eigenvalue weighted by Crippen LogP contribution is 2.32. The number of ether oxygens (including phenoxy) is 2. The average Bonchev–Trinajstić information content (AvgIpc) is 3.11. The highest BCUT2D eigenvalue weighted by atomic mass is 16.5. The van der Waals surface area contributed by atoms with Crippen LogP contribution in [0.2, 0.25) is 0 Å². The summed E-state index contributed by atoms with van der Waals surface area (Å²) < 4.78 is 11.2. The second kappa shape index (κ2) is 5.35. The van der Waals surface area contributed by atoms with Gasteiger partial charge in [0.25, 0.3) is 0 Å². The molecule has 2 fully saturated rings. The highest BCUT2D eigenvalue weighted by molar-refractivity contribution is 5.64. The second-order valence-corrected chi connectivity index (χ2v) is 6.24. The first-order chi connectivity index (χ1) is 10.3. The fourth-order valence-corrected chi connectivity index (χ4v) is 3.82. The van der Waals surface area contributed by atoms with Gasteiger partial charge in [-0.1, -0.05) is 0 Å². The van der Waals surface area contributed by atoms with E-state index in [1.807, 2.05) is 12.1 Å². The Labute approximate surface area is 125 Å². The van der Waals surface area contributed by atoms with Crippen molar-refractivity contribution in [2.24, 2.45) is 5.92 Å². The van der Waals surface area contributed by atoms with Crippen LogP contribution >= 0.6 is 0 Å². The van der Waals surface area contributed by atoms with Gasteiger partial charge >= 0.3 is 0 Å². The van der Waals surface area contributed by atoms with Crippen LogP contribution in [0.1, 0.15) is 12.0 Å². The summed E-state index contributed by atoms with van der Waals surface area (Å²) in [6.45, 7) is 5.29. The summed E-state index contributed by atoms with van der Waals surface area (Å²) in [5.41, 5.74) is 2.50. The summed E-state index contributed by atoms with van der Waals surface area (Å²) in [6.07, 6.45) is 3.60. The maximum absolute atomic E-state index is 5.89. The van der Waals surface area contributed by atoms with Crippen molar-refractivity contribution >= 4 is 6.08 Å². The van der Waals surface area contributed by atoms with Gasteiger partial charge in [-0.3, -0.25) is 4.90 Å². The average molecular weight is 286 g/mol. The van der Waals surface area contributed by atoms with Gasteiger partial charge in [0.1, 0.15) is 18.1 Å². The highest BCUT2D eigenvalue weighted by Gasteiger charge is 2.37. The fraction of sp³-hybridized carbons (Fsp3) is 0.529. The van der Waals surface area contributed by atoms with Gasteiger partial charge < -0.3 is 14.8 Å². The second-order valence-electron chi connectivity index (χ2n) is 6.24. The van der Waals surface area contributed by atoms with Crippen molar-refractivity contribution in [1.82, 2.24) is 10.2 Å². The van der Waals surface area contributed by atoms with E-state index in [0.717, 1.165) is 42.1 Å². The molecule has 0 amide bonds. The molecule has 112 valence electrons. The van der Waals surface area contributed by atoms with Gasteiger partial charge in [0.05, 0.1) is 7.11 Å². The van der Waals surface area contributed by atoms with Crippen LogP contribution < -0.4 is 14.8 Å². The molecule has 1 aromatic rings. The largest absolute Gasteiger partial charge is 0.497 e. The van der Waals surface area contributed by atoms with E-state index in [-0.39, 0.29) is 0 Å². The monoisotopic (exact) mass is 286 g/mol. The number of hydrogen-bond acceptors (Lipinski definition) is 4. The van der Waals surface area contributed by atoms with E-state index >= 15 is 0 Å². The molecular formula is C17H22N2O2. The summed E-state index contributed by atoms with van der Waals surface area (Å²) in [4.78, 5) is 2.62. The van der Waals surface area contributed by atoms with Crippen molar-refractivity contribution in [3.8, 4) is 11.5 Å². The molecule has 21 heavy (non-hydrogen) atoms. The molecule has 0 radical (unpaired) electrons. The zero-order valence-corrected chi connectivity index (χ0v) is 12.5. The molecule has 0 bridgehead atoms. The Balaban J connectivity index is 1.52. The third-order valence-corrected chi connectivity index (χ3v) is 4.96. The van der Waals surface area contributed by atoms with Crippen LogP contribution in [0.3, 0.4) is 0 Å². The number of benzene rings is 1. The Morgan fingerprint density at radius 3 is 3.24 bits per heavy atom. The molecule has 3 heterocycles. The van der Waals surface area contributed by atoms with Gasteiger partial charge in [-0.05, 0) is 55.3 Å². The lowest BCUT2D eigenvalue weighted by Crippen LogP contribution is -2.36. The van der Waals surface area contributed by atoms with Crippen molar-refractivity contribution in [2.45, 2.75) is 12.5 Å². The third-order valence-electron chi connectivity index (χ3n) is 4.96. The third kappa shape index (κ3) is 2.43. The number of nitrogens with zero attached hydrogens (tertiary/aromatic N) is 1. The SMILES string of the molecule is COc1ccc2c(c1)C=C(CN1CC[C@H]3CNC[C@H]31)CO2. The quantitative estimate of drug-likeness (QED) is 0.918. The van der Waals surface area contributed by atoms with Crippen molar-refractivity contribution in [1.29, 1.82) is 0 Å². The smallest absolute Gasteiger partial charge is 0.127 e. The molecule has 0 saturated carbocycles. The molecule has 3 aliphatic rings. The van der Waals surface area contributed by atoms with Crippen LogP contribution in [0.15, 0.2) is 23.8 Å². The Morgan fingerprint density at radius 1 is 1.38 bits per heavy atom. The summed E-state index contributed by atoms with van der Waals surface area (Å²) in [5, 5.41) is 3.51. The van der Waals surface area contributed by atoms with Crippen LogP contribution in [0.4, 0.5) is 0 Å². The predicted octanol–water partition coefficient (Wildman–Crippen LogP) is 1.76. The van der Waals surface area contributed by atoms with Crippen molar-refractivity contribution in [3.63, 3.8) is 0 Å². The molecule has 4 rings (SSSR count). The van der Waals surface area contributed by atoms with E-state index in [9.17, 15) is 0 Å². The van der Waals surface area contributed by atoms with Gasteiger partial charge in [0.2, 0.25) is 0 Å². The zero-order valence-electron chi connectivity index (χ0n) is 12.5. The van der Waals surface area contributed by atoms with E-state index in [2.05, 4.69) is 22.4 Å². The van der Waals surface area contributed by atoms with Crippen LogP contribution in [0, 0.1) is 5.92 Å². The van der Waals surface area contributed by atoms with Gasteiger partial charge in [-0.2, -0.15) is 0 Å². The standard InChI is InChI=1S/C17H22N2O2/c1-20-15-2-3-17-14(7-15)6-12(11-21-17)10-19-5-4-13-8-18-9-16(13)19/h2-3,6-7,13,16,18H,4-5,8-11H2,1H3/t13-,16+/m0/s1. The molecule has 0 spiro atoms. The summed E-state index contributed by atoms with van der Waals surface area (Å²) in [6, 6.07) is 6.72. The molecule has 1 aromatic carbocycles. The molecule has 2 saturated heterocycles. The van der Waals surface area contributed by atoms with Crippen LogP contribution in [-0.2, 0) is 0 Å². The Morgan fingerprint density at radius 2 is 2.33 bits per heavy atom. The van der Waals surface area contributed by atoms with Gasteiger partial charge in [-0.15, -0.1) is 0 Å². The van der Waals surface area contributed by atoms with Gasteiger partial charge in [0.15, 0.2) is 0 Å². The lowest BCUT2D eigenvalue weighted by atomic mass is 10.0. The molecule has 4 nitrogen and oxygen atoms in total. The number of hydrogen-bond donors (Lipinski definition) is 1. The number of fused-ring (bicyclic) bond motifs is 2. The minimum atomic E-state index is 0.709. The molecule has 2 atom stereocenters. The van der Waals surface area contributed by atoms with E-state index in [0.29, 0.717) is 6.61 Å². The normalized spacial score (nSPS) is 27.8. The number of rotatable bonds is 3. The number of likely N-dealkylation sites (tertiary alicyclic amines) is 1. The van der Waals surface area contributed by atoms with Gasteiger partial charge in [0, 0.05) is 24.7 Å². The zero-order chi connectivity index (χ0) is 14.2. The van der Waals surface area contributed by atoms with E-state index in [1.54, 1.807) is 7.11 Å². The number of methoxy groups -OCH3 is 1. The summed E-state index contributed by atoms with van der Waals surface area (Å²) >= 11 is 0. The van der Waals surface area contributed by atoms with Crippen molar-refractivity contribution < 1.29 is 9.47 Å². The minimum absolute atomic E-state index is 0.709. The maximum atomic E-state index is 5.89. The topological polar surface area (TPSA) is 33.7 Å². The maximum Gasteiger partial charge on any atom is 0.127 e. The molecule has 3 aliphatic heterocycles. The fourth-order valence-electron chi connectivity index (χ4n) is 3.82. The van der Waals surface area contributed by atoms with Crippen molar-refractivity contribution in [2.75, 3.05) is 39.9 Å². The van der Waals surface area contributed by atoms with Crippen LogP contribution in [-0.4, -0.2) is 50.8 Å². The molecule has 0 unspecified atom stereocenters. The van der Waals surface area contributed by atoms with Crippen LogP contribution in [0.25, 0.3) is 6.08 Å². The first kappa shape index (κ1) is 13.2. The Bertz CT molecular complexity index is 570. The number of nitrogens with one attached hydrogen (secondary N) is 1. The predicted molar refractivity (Wildman–Crippen MR) is 82.8 cm³/mol. The minimum Gasteiger partial charge on any atom is -0.497 e. The molecule has 0 aliphatic carbocycles. The lowest BCUT2D eigenvalue weighted by molar-refractivity contribution is 0.255. The van der Waals surface area contributed by atoms with E-state index in [1.165, 1.54) is 25.1 Å². The summed E-state index contributed by atoms with van der Waals surface area (Å²) in [7, 11) is 1.70. The first-order valence-corrected chi connectivity index (χ1v) is 7.78. The first-order valence-electron chi connectivity index (χ1n) is 7.78. The van der Waals surface area contributed by atoms with Crippen molar-refractivity contribution in [3.05, 3.63) is 29.3 Å². The van der Waals surface area contributed by atoms with E-state index < -0.39 is 0 Å². The molecule has 4 heteroatoms.